The molecule has 0 aliphatic rings. The predicted octanol–water partition coefficient (Wildman–Crippen LogP) is 4.66. The van der Waals surface area contributed by atoms with Gasteiger partial charge in [-0.25, -0.2) is 17.6 Å². The van der Waals surface area contributed by atoms with E-state index in [1.165, 1.54) is 17.2 Å². The summed E-state index contributed by atoms with van der Waals surface area (Å²) in [5.74, 6) is -4.34. The van der Waals surface area contributed by atoms with Crippen LogP contribution in [-0.4, -0.2) is 36.3 Å². The van der Waals surface area contributed by atoms with Crippen LogP contribution in [0.4, 0.5) is 23.2 Å². The lowest BCUT2D eigenvalue weighted by molar-refractivity contribution is -0.118. The number of anilines is 1. The summed E-state index contributed by atoms with van der Waals surface area (Å²) in [4.78, 5) is 31.3. The van der Waals surface area contributed by atoms with Gasteiger partial charge in [0, 0.05) is 67.9 Å². The van der Waals surface area contributed by atoms with Crippen LogP contribution in [0.1, 0.15) is 45.7 Å². The molecule has 1 atom stereocenters. The molecule has 1 heterocycles. The first-order valence-corrected chi connectivity index (χ1v) is 11.1. The number of hydrogen-bond acceptors (Lipinski definition) is 4. The molecule has 36 heavy (non-hydrogen) atoms. The largest absolute Gasteiger partial charge is 0.370 e. The van der Waals surface area contributed by atoms with E-state index >= 15 is 0 Å². The Morgan fingerprint density at radius 2 is 1.75 bits per heavy atom. The fraction of sp³-hybridized carbons (Fsp3) is 0.269. The van der Waals surface area contributed by atoms with E-state index in [4.69, 9.17) is 0 Å². The standard InChI is InChI=1S/C26H26F4N4O2/c1-15-25(30)18(7-8-31-15)13-33(3)24-9-17(5-6-20(24)16(2)34(4)14-35)26(36)32-12-21-22(28)10-19(27)11-23(21)29/h5-11,14,16H,12-13H2,1-4H3,(H,32,36). The van der Waals surface area contributed by atoms with E-state index in [-0.39, 0.29) is 23.8 Å². The molecule has 0 spiro atoms. The molecule has 1 N–H and O–H groups in total. The van der Waals surface area contributed by atoms with Crippen molar-refractivity contribution in [3.63, 3.8) is 0 Å². The van der Waals surface area contributed by atoms with Gasteiger partial charge in [-0.05, 0) is 37.6 Å². The molecule has 190 valence electrons. The van der Waals surface area contributed by atoms with Crippen molar-refractivity contribution >= 4 is 18.0 Å². The second-order valence-electron chi connectivity index (χ2n) is 8.48. The minimum atomic E-state index is -1.11. The summed E-state index contributed by atoms with van der Waals surface area (Å²) in [6.07, 6.45) is 2.18. The summed E-state index contributed by atoms with van der Waals surface area (Å²) in [6.45, 7) is 3.02. The summed E-state index contributed by atoms with van der Waals surface area (Å²) < 4.78 is 55.6. The number of nitrogens with zero attached hydrogens (tertiary/aromatic N) is 3. The fourth-order valence-corrected chi connectivity index (χ4v) is 3.76. The maximum absolute atomic E-state index is 14.6. The fourth-order valence-electron chi connectivity index (χ4n) is 3.76. The van der Waals surface area contributed by atoms with Gasteiger partial charge in [-0.2, -0.15) is 0 Å². The van der Waals surface area contributed by atoms with Crippen LogP contribution in [0.2, 0.25) is 0 Å². The van der Waals surface area contributed by atoms with E-state index in [0.717, 1.165) is 0 Å². The Bertz CT molecular complexity index is 1260. The highest BCUT2D eigenvalue weighted by Crippen LogP contribution is 2.31. The molecule has 2 aromatic carbocycles. The first-order chi connectivity index (χ1) is 17.0. The van der Waals surface area contributed by atoms with Gasteiger partial charge in [-0.15, -0.1) is 0 Å². The van der Waals surface area contributed by atoms with Gasteiger partial charge in [0.25, 0.3) is 5.91 Å². The second-order valence-corrected chi connectivity index (χ2v) is 8.48. The molecule has 0 radical (unpaired) electrons. The average molecular weight is 503 g/mol. The number of halogens is 4. The summed E-state index contributed by atoms with van der Waals surface area (Å²) in [5, 5.41) is 2.44. The zero-order chi connectivity index (χ0) is 26.6. The monoisotopic (exact) mass is 502 g/mol. The highest BCUT2D eigenvalue weighted by atomic mass is 19.1. The van der Waals surface area contributed by atoms with Gasteiger partial charge in [-0.1, -0.05) is 6.07 Å². The zero-order valence-electron chi connectivity index (χ0n) is 20.3. The molecule has 2 amide bonds. The van der Waals surface area contributed by atoms with E-state index in [0.29, 0.717) is 35.4 Å². The highest BCUT2D eigenvalue weighted by Gasteiger charge is 2.21. The van der Waals surface area contributed by atoms with Crippen LogP contribution in [0.3, 0.4) is 0 Å². The molecule has 10 heteroatoms. The number of hydrogen-bond donors (Lipinski definition) is 1. The van der Waals surface area contributed by atoms with Crippen LogP contribution in [0.25, 0.3) is 0 Å². The lowest BCUT2D eigenvalue weighted by atomic mass is 10.0. The van der Waals surface area contributed by atoms with Crippen LogP contribution in [0.5, 0.6) is 0 Å². The number of nitrogens with one attached hydrogen (secondary N) is 1. The maximum atomic E-state index is 14.6. The van der Waals surface area contributed by atoms with E-state index < -0.39 is 41.3 Å². The number of amides is 2. The van der Waals surface area contributed by atoms with Crippen molar-refractivity contribution in [2.24, 2.45) is 0 Å². The van der Waals surface area contributed by atoms with Crippen LogP contribution in [0.15, 0.2) is 42.6 Å². The summed E-state index contributed by atoms with van der Waals surface area (Å²) in [7, 11) is 3.33. The Morgan fingerprint density at radius 3 is 2.39 bits per heavy atom. The topological polar surface area (TPSA) is 65.5 Å². The number of aromatic nitrogens is 1. The third-order valence-electron chi connectivity index (χ3n) is 6.01. The molecule has 1 unspecified atom stereocenters. The minimum Gasteiger partial charge on any atom is -0.370 e. The van der Waals surface area contributed by atoms with Crippen molar-refractivity contribution in [3.05, 3.63) is 93.8 Å². The van der Waals surface area contributed by atoms with Crippen molar-refractivity contribution in [1.82, 2.24) is 15.2 Å². The summed E-state index contributed by atoms with van der Waals surface area (Å²) in [5.41, 5.74) is 1.61. The van der Waals surface area contributed by atoms with E-state index in [1.807, 2.05) is 0 Å². The third-order valence-corrected chi connectivity index (χ3v) is 6.01. The van der Waals surface area contributed by atoms with Gasteiger partial charge in [0.2, 0.25) is 6.41 Å². The number of benzene rings is 2. The average Bonchev–Trinajstić information content (AvgIpc) is 2.84. The third kappa shape index (κ3) is 5.81. The molecule has 3 aromatic rings. The minimum absolute atomic E-state index is 0.150. The number of rotatable bonds is 9. The molecular weight excluding hydrogens is 476 g/mol. The Labute approximate surface area is 206 Å². The van der Waals surface area contributed by atoms with Crippen molar-refractivity contribution in [2.45, 2.75) is 33.0 Å². The Balaban J connectivity index is 1.92. The van der Waals surface area contributed by atoms with Crippen molar-refractivity contribution < 1.29 is 27.2 Å². The van der Waals surface area contributed by atoms with Gasteiger partial charge >= 0.3 is 0 Å². The van der Waals surface area contributed by atoms with Crippen LogP contribution < -0.4 is 10.2 Å². The lowest BCUT2D eigenvalue weighted by Gasteiger charge is -2.29. The maximum Gasteiger partial charge on any atom is 0.251 e. The van der Waals surface area contributed by atoms with E-state index in [9.17, 15) is 27.2 Å². The quantitative estimate of drug-likeness (QED) is 0.342. The number of carbonyl (C=O) groups excluding carboxylic acids is 2. The molecule has 0 aliphatic carbocycles. The van der Waals surface area contributed by atoms with Crippen molar-refractivity contribution in [1.29, 1.82) is 0 Å². The van der Waals surface area contributed by atoms with Gasteiger partial charge in [0.15, 0.2) is 0 Å². The van der Waals surface area contributed by atoms with Crippen LogP contribution >= 0.6 is 0 Å². The number of pyridine rings is 1. The second kappa shape index (κ2) is 11.2. The van der Waals surface area contributed by atoms with Crippen LogP contribution in [-0.2, 0) is 17.9 Å². The van der Waals surface area contributed by atoms with Gasteiger partial charge in [0.1, 0.15) is 23.3 Å². The Morgan fingerprint density at radius 1 is 1.08 bits per heavy atom. The molecular formula is C26H26F4N4O2. The van der Waals surface area contributed by atoms with E-state index in [1.54, 1.807) is 51.0 Å². The smallest absolute Gasteiger partial charge is 0.251 e. The SMILES string of the molecule is Cc1nccc(CN(C)c2cc(C(=O)NCc3c(F)cc(F)cc3F)ccc2C(C)N(C)C=O)c1F. The normalized spacial score (nSPS) is 11.7. The molecule has 0 saturated heterocycles. The first-order valence-electron chi connectivity index (χ1n) is 11.1. The van der Waals surface area contributed by atoms with E-state index in [2.05, 4.69) is 10.3 Å². The Hall–Kier alpha value is -3.95. The summed E-state index contributed by atoms with van der Waals surface area (Å²) >= 11 is 0. The first kappa shape index (κ1) is 26.7. The van der Waals surface area contributed by atoms with Gasteiger partial charge in [0.05, 0.1) is 11.7 Å². The molecule has 0 fully saturated rings. The molecule has 0 aliphatic heterocycles. The van der Waals surface area contributed by atoms with Crippen molar-refractivity contribution in [3.8, 4) is 0 Å². The van der Waals surface area contributed by atoms with Gasteiger partial charge in [-0.3, -0.25) is 14.6 Å². The lowest BCUT2D eigenvalue weighted by Crippen LogP contribution is -2.27. The highest BCUT2D eigenvalue weighted by molar-refractivity contribution is 5.95. The Kier molecular flexibility index (Phi) is 8.29. The van der Waals surface area contributed by atoms with Crippen LogP contribution in [0, 0.1) is 30.2 Å². The molecule has 0 bridgehead atoms. The summed E-state index contributed by atoms with van der Waals surface area (Å²) in [6, 6.07) is 7.01. The molecule has 3 rings (SSSR count). The zero-order valence-corrected chi connectivity index (χ0v) is 20.3. The molecule has 0 saturated carbocycles. The van der Waals surface area contributed by atoms with Crippen molar-refractivity contribution in [2.75, 3.05) is 19.0 Å². The number of aryl methyl sites for hydroxylation is 1. The predicted molar refractivity (Wildman–Crippen MR) is 127 cm³/mol. The van der Waals surface area contributed by atoms with Gasteiger partial charge < -0.3 is 15.1 Å². The molecule has 1 aromatic heterocycles. The molecule has 6 nitrogen and oxygen atoms in total. The number of carbonyl (C=O) groups is 2.